The number of carbonyl (C=O) groups is 1. The molecule has 23 heavy (non-hydrogen) atoms. The maximum absolute atomic E-state index is 11.1. The minimum Gasteiger partial charge on any atom is -0.478 e. The van der Waals surface area contributed by atoms with Crippen LogP contribution in [-0.4, -0.2) is 32.3 Å². The van der Waals surface area contributed by atoms with Crippen molar-refractivity contribution in [1.82, 2.24) is 14.9 Å². The van der Waals surface area contributed by atoms with Crippen LogP contribution in [0, 0.1) is 5.41 Å². The van der Waals surface area contributed by atoms with Crippen molar-refractivity contribution in [3.8, 4) is 0 Å². The van der Waals surface area contributed by atoms with Gasteiger partial charge in [0.15, 0.2) is 0 Å². The summed E-state index contributed by atoms with van der Waals surface area (Å²) in [6, 6.07) is 6.66. The van der Waals surface area contributed by atoms with E-state index in [1.54, 1.807) is 24.4 Å². The van der Waals surface area contributed by atoms with Crippen LogP contribution >= 0.6 is 0 Å². The van der Waals surface area contributed by atoms with Gasteiger partial charge in [0, 0.05) is 31.4 Å². The van der Waals surface area contributed by atoms with Crippen molar-refractivity contribution in [3.05, 3.63) is 53.6 Å². The van der Waals surface area contributed by atoms with Crippen molar-refractivity contribution < 1.29 is 15.0 Å². The quantitative estimate of drug-likeness (QED) is 0.727. The second-order valence-electron chi connectivity index (χ2n) is 6.36. The summed E-state index contributed by atoms with van der Waals surface area (Å²) in [7, 11) is 1.91. The van der Waals surface area contributed by atoms with Crippen LogP contribution in [0.3, 0.4) is 0 Å². The molecule has 1 aromatic heterocycles. The molecule has 0 bridgehead atoms. The number of nitrogens with zero attached hydrogens (tertiary/aromatic N) is 2. The van der Waals surface area contributed by atoms with E-state index in [0.717, 1.165) is 11.4 Å². The third kappa shape index (κ3) is 3.97. The fourth-order valence-electron chi connectivity index (χ4n) is 2.50. The number of carboxylic acid groups (broad SMARTS) is 1. The number of aliphatic hydroxyl groups is 1. The number of nitrogens with one attached hydrogen (secondary N) is 1. The average molecular weight is 317 g/mol. The van der Waals surface area contributed by atoms with E-state index in [2.05, 4.69) is 10.3 Å². The Hall–Kier alpha value is -2.18. The number of carboxylic acids is 1. The van der Waals surface area contributed by atoms with Crippen molar-refractivity contribution in [2.45, 2.75) is 26.4 Å². The van der Waals surface area contributed by atoms with Crippen LogP contribution in [0.2, 0.25) is 0 Å². The lowest BCUT2D eigenvalue weighted by atomic mass is 9.84. The van der Waals surface area contributed by atoms with Gasteiger partial charge in [-0.05, 0) is 17.7 Å². The maximum Gasteiger partial charge on any atom is 0.335 e. The summed E-state index contributed by atoms with van der Waals surface area (Å²) >= 11 is 0. The monoisotopic (exact) mass is 317 g/mol. The molecule has 1 unspecified atom stereocenters. The van der Waals surface area contributed by atoms with E-state index < -0.39 is 11.4 Å². The molecule has 6 nitrogen and oxygen atoms in total. The van der Waals surface area contributed by atoms with Gasteiger partial charge in [0.1, 0.15) is 5.82 Å². The lowest BCUT2D eigenvalue weighted by Gasteiger charge is -2.33. The Morgan fingerprint density at radius 1 is 1.43 bits per heavy atom. The van der Waals surface area contributed by atoms with Crippen LogP contribution in [0.5, 0.6) is 0 Å². The summed E-state index contributed by atoms with van der Waals surface area (Å²) in [6.07, 6.45) is 3.59. The van der Waals surface area contributed by atoms with Crippen LogP contribution in [0.1, 0.15) is 41.6 Å². The van der Waals surface area contributed by atoms with Gasteiger partial charge in [-0.2, -0.15) is 0 Å². The first-order chi connectivity index (χ1) is 10.8. The van der Waals surface area contributed by atoms with Crippen molar-refractivity contribution in [2.24, 2.45) is 12.5 Å². The number of aromatic nitrogens is 2. The number of aromatic carboxylic acids is 1. The largest absolute Gasteiger partial charge is 0.478 e. The van der Waals surface area contributed by atoms with Crippen molar-refractivity contribution in [3.63, 3.8) is 0 Å². The predicted octanol–water partition coefficient (Wildman–Crippen LogP) is 1.97. The second kappa shape index (κ2) is 6.93. The van der Waals surface area contributed by atoms with Crippen LogP contribution in [0.25, 0.3) is 0 Å². The minimum absolute atomic E-state index is 0.00664. The molecule has 2 rings (SSSR count). The third-order valence-corrected chi connectivity index (χ3v) is 3.99. The Kier molecular flexibility index (Phi) is 5.18. The highest BCUT2D eigenvalue weighted by Crippen LogP contribution is 2.32. The Balaban J connectivity index is 2.21. The molecule has 3 N–H and O–H groups in total. The van der Waals surface area contributed by atoms with Crippen LogP contribution in [-0.2, 0) is 13.6 Å². The molecule has 1 aromatic carbocycles. The molecule has 0 fully saturated rings. The second-order valence-corrected chi connectivity index (χ2v) is 6.36. The van der Waals surface area contributed by atoms with E-state index in [9.17, 15) is 9.90 Å². The van der Waals surface area contributed by atoms with Crippen LogP contribution in [0.15, 0.2) is 36.7 Å². The number of hydrogen-bond acceptors (Lipinski definition) is 4. The molecule has 124 valence electrons. The Morgan fingerprint density at radius 3 is 2.74 bits per heavy atom. The molecule has 1 atom stereocenters. The van der Waals surface area contributed by atoms with Gasteiger partial charge in [0.2, 0.25) is 0 Å². The van der Waals surface area contributed by atoms with E-state index in [4.69, 9.17) is 5.11 Å². The molecule has 0 saturated carbocycles. The topological polar surface area (TPSA) is 87.4 Å². The summed E-state index contributed by atoms with van der Waals surface area (Å²) in [6.45, 7) is 4.43. The number of imidazole rings is 1. The van der Waals surface area contributed by atoms with Crippen LogP contribution in [0.4, 0.5) is 0 Å². The molecular weight excluding hydrogens is 294 g/mol. The lowest BCUT2D eigenvalue weighted by molar-refractivity contribution is 0.0696. The van der Waals surface area contributed by atoms with Gasteiger partial charge >= 0.3 is 5.97 Å². The summed E-state index contributed by atoms with van der Waals surface area (Å²) < 4.78 is 1.92. The van der Waals surface area contributed by atoms with Gasteiger partial charge < -0.3 is 20.1 Å². The Bertz CT molecular complexity index is 679. The standard InChI is InChI=1S/C17H23N3O3/c1-17(2,11-21)14(15-18-7-8-20(15)3)19-10-12-5-4-6-13(9-12)16(22)23/h4-9,14,19,21H,10-11H2,1-3H3,(H,22,23). The fraction of sp³-hybridized carbons (Fsp3) is 0.412. The van der Waals surface area contributed by atoms with E-state index in [1.165, 1.54) is 0 Å². The SMILES string of the molecule is Cn1ccnc1C(NCc1cccc(C(=O)O)c1)C(C)(C)CO. The smallest absolute Gasteiger partial charge is 0.335 e. The number of benzene rings is 1. The zero-order chi connectivity index (χ0) is 17.0. The molecule has 0 aliphatic carbocycles. The van der Waals surface area contributed by atoms with E-state index in [-0.39, 0.29) is 18.2 Å². The minimum atomic E-state index is -0.941. The van der Waals surface area contributed by atoms with Gasteiger partial charge in [0.05, 0.1) is 18.2 Å². The van der Waals surface area contributed by atoms with Gasteiger partial charge in [-0.25, -0.2) is 9.78 Å². The van der Waals surface area contributed by atoms with E-state index in [1.807, 2.05) is 37.7 Å². The van der Waals surface area contributed by atoms with Crippen molar-refractivity contribution >= 4 is 5.97 Å². The lowest BCUT2D eigenvalue weighted by Crippen LogP contribution is -2.38. The van der Waals surface area contributed by atoms with E-state index in [0.29, 0.717) is 6.54 Å². The summed E-state index contributed by atoms with van der Waals surface area (Å²) in [5, 5.41) is 22.2. The van der Waals surface area contributed by atoms with Crippen molar-refractivity contribution in [2.75, 3.05) is 6.61 Å². The zero-order valence-electron chi connectivity index (χ0n) is 13.7. The summed E-state index contributed by atoms with van der Waals surface area (Å²) in [5.74, 6) is -0.110. The molecule has 0 aliphatic rings. The first-order valence-corrected chi connectivity index (χ1v) is 7.49. The van der Waals surface area contributed by atoms with Crippen molar-refractivity contribution in [1.29, 1.82) is 0 Å². The predicted molar refractivity (Wildman–Crippen MR) is 87.1 cm³/mol. The molecular formula is C17H23N3O3. The molecule has 1 heterocycles. The first-order valence-electron chi connectivity index (χ1n) is 7.49. The molecule has 0 saturated heterocycles. The van der Waals surface area contributed by atoms with Gasteiger partial charge in [-0.3, -0.25) is 0 Å². The maximum atomic E-state index is 11.1. The van der Waals surface area contributed by atoms with Gasteiger partial charge in [-0.1, -0.05) is 26.0 Å². The fourth-order valence-corrected chi connectivity index (χ4v) is 2.50. The molecule has 0 aliphatic heterocycles. The first kappa shape index (κ1) is 17.2. The van der Waals surface area contributed by atoms with E-state index >= 15 is 0 Å². The third-order valence-electron chi connectivity index (χ3n) is 3.99. The zero-order valence-corrected chi connectivity index (χ0v) is 13.7. The molecule has 0 radical (unpaired) electrons. The van der Waals surface area contributed by atoms with Gasteiger partial charge in [0.25, 0.3) is 0 Å². The average Bonchev–Trinajstić information content (AvgIpc) is 2.93. The highest BCUT2D eigenvalue weighted by atomic mass is 16.4. The molecule has 6 heteroatoms. The normalized spacial score (nSPS) is 13.0. The number of aryl methyl sites for hydroxylation is 1. The number of rotatable bonds is 7. The Morgan fingerprint density at radius 2 is 2.17 bits per heavy atom. The van der Waals surface area contributed by atoms with Gasteiger partial charge in [-0.15, -0.1) is 0 Å². The highest BCUT2D eigenvalue weighted by Gasteiger charge is 2.32. The number of aliphatic hydroxyl groups excluding tert-OH is 1. The van der Waals surface area contributed by atoms with Crippen LogP contribution < -0.4 is 5.32 Å². The molecule has 0 amide bonds. The molecule has 0 spiro atoms. The summed E-state index contributed by atoms with van der Waals surface area (Å²) in [5.41, 5.74) is 0.723. The Labute approximate surface area is 135 Å². The molecule has 2 aromatic rings. The number of hydrogen-bond donors (Lipinski definition) is 3. The summed E-state index contributed by atoms with van der Waals surface area (Å²) in [4.78, 5) is 15.4. The highest BCUT2D eigenvalue weighted by molar-refractivity contribution is 5.87.